The highest BCUT2D eigenvalue weighted by Gasteiger charge is 2.15. The number of benzene rings is 1. The summed E-state index contributed by atoms with van der Waals surface area (Å²) in [6.07, 6.45) is 1.79. The molecule has 0 aliphatic heterocycles. The van der Waals surface area contributed by atoms with E-state index >= 15 is 0 Å². The van der Waals surface area contributed by atoms with E-state index in [1.54, 1.807) is 13.4 Å². The molecule has 2 aromatic rings. The molecular weight excluding hydrogens is 276 g/mol. The summed E-state index contributed by atoms with van der Waals surface area (Å²) < 4.78 is 7.47. The standard InChI is InChI=1S/C17H26N4O/c1-11(2)21-10-19-20-17(21)14(5)18-9-15-7-13(4)16(22-6)8-12(15)3/h7-8,10-11,14,18H,9H2,1-6H3. The van der Waals surface area contributed by atoms with E-state index in [0.717, 1.165) is 23.7 Å². The number of nitrogens with zero attached hydrogens (tertiary/aromatic N) is 3. The summed E-state index contributed by atoms with van der Waals surface area (Å²) >= 11 is 0. The molecule has 1 N–H and O–H groups in total. The van der Waals surface area contributed by atoms with Gasteiger partial charge in [-0.25, -0.2) is 0 Å². The van der Waals surface area contributed by atoms with Crippen molar-refractivity contribution in [2.75, 3.05) is 7.11 Å². The predicted octanol–water partition coefficient (Wildman–Crippen LogP) is 3.34. The lowest BCUT2D eigenvalue weighted by Gasteiger charge is -2.18. The molecule has 0 radical (unpaired) electrons. The Bertz CT molecular complexity index is 634. The number of nitrogens with one attached hydrogen (secondary N) is 1. The first kappa shape index (κ1) is 16.5. The predicted molar refractivity (Wildman–Crippen MR) is 88.1 cm³/mol. The average molecular weight is 302 g/mol. The van der Waals surface area contributed by atoms with Gasteiger partial charge >= 0.3 is 0 Å². The van der Waals surface area contributed by atoms with Crippen LogP contribution in [0.1, 0.15) is 55.4 Å². The Morgan fingerprint density at radius 2 is 1.91 bits per heavy atom. The highest BCUT2D eigenvalue weighted by atomic mass is 16.5. The topological polar surface area (TPSA) is 52.0 Å². The van der Waals surface area contributed by atoms with Gasteiger partial charge in [0, 0.05) is 12.6 Å². The number of rotatable bonds is 6. The minimum Gasteiger partial charge on any atom is -0.496 e. The third-order valence-electron chi connectivity index (χ3n) is 4.00. The second-order valence-corrected chi connectivity index (χ2v) is 6.04. The van der Waals surface area contributed by atoms with Crippen molar-refractivity contribution in [3.05, 3.63) is 41.0 Å². The van der Waals surface area contributed by atoms with E-state index in [0.29, 0.717) is 6.04 Å². The van der Waals surface area contributed by atoms with Crippen molar-refractivity contribution in [2.45, 2.75) is 53.2 Å². The maximum absolute atomic E-state index is 5.37. The van der Waals surface area contributed by atoms with Crippen molar-refractivity contribution in [1.82, 2.24) is 20.1 Å². The molecule has 0 saturated carbocycles. The van der Waals surface area contributed by atoms with Gasteiger partial charge in [0.1, 0.15) is 17.9 Å². The molecule has 1 aromatic carbocycles. The van der Waals surface area contributed by atoms with Gasteiger partial charge in [-0.05, 0) is 57.4 Å². The highest BCUT2D eigenvalue weighted by molar-refractivity contribution is 5.41. The maximum Gasteiger partial charge on any atom is 0.149 e. The lowest BCUT2D eigenvalue weighted by atomic mass is 10.0. The van der Waals surface area contributed by atoms with Gasteiger partial charge in [0.05, 0.1) is 13.2 Å². The van der Waals surface area contributed by atoms with Gasteiger partial charge in [-0.15, -0.1) is 10.2 Å². The Morgan fingerprint density at radius 3 is 2.55 bits per heavy atom. The van der Waals surface area contributed by atoms with Crippen LogP contribution in [-0.2, 0) is 6.54 Å². The van der Waals surface area contributed by atoms with Crippen LogP contribution >= 0.6 is 0 Å². The number of ether oxygens (including phenoxy) is 1. The van der Waals surface area contributed by atoms with Gasteiger partial charge in [0.15, 0.2) is 0 Å². The van der Waals surface area contributed by atoms with Gasteiger partial charge < -0.3 is 14.6 Å². The fourth-order valence-electron chi connectivity index (χ4n) is 2.57. The average Bonchev–Trinajstić information content (AvgIpc) is 2.97. The van der Waals surface area contributed by atoms with E-state index in [1.165, 1.54) is 11.1 Å². The molecule has 1 unspecified atom stereocenters. The van der Waals surface area contributed by atoms with Crippen LogP contribution < -0.4 is 10.1 Å². The molecule has 1 heterocycles. The third kappa shape index (κ3) is 3.47. The molecule has 0 saturated heterocycles. The Hall–Kier alpha value is -1.88. The number of hydrogen-bond donors (Lipinski definition) is 1. The second-order valence-electron chi connectivity index (χ2n) is 6.04. The van der Waals surface area contributed by atoms with Crippen LogP contribution in [0.15, 0.2) is 18.5 Å². The Morgan fingerprint density at radius 1 is 1.18 bits per heavy atom. The summed E-state index contributed by atoms with van der Waals surface area (Å²) in [6, 6.07) is 4.78. The van der Waals surface area contributed by atoms with Crippen LogP contribution in [0.3, 0.4) is 0 Å². The number of aryl methyl sites for hydroxylation is 2. The molecular formula is C17H26N4O. The number of methoxy groups -OCH3 is 1. The van der Waals surface area contributed by atoms with E-state index in [2.05, 4.69) is 66.8 Å². The summed E-state index contributed by atoms with van der Waals surface area (Å²) in [6.45, 7) is 11.4. The molecule has 0 spiro atoms. The molecule has 1 atom stereocenters. The first-order valence-corrected chi connectivity index (χ1v) is 7.71. The van der Waals surface area contributed by atoms with Crippen LogP contribution in [0.25, 0.3) is 0 Å². The van der Waals surface area contributed by atoms with Crippen molar-refractivity contribution in [2.24, 2.45) is 0 Å². The monoisotopic (exact) mass is 302 g/mol. The molecule has 2 rings (SSSR count). The summed E-state index contributed by atoms with van der Waals surface area (Å²) in [5.41, 5.74) is 3.66. The van der Waals surface area contributed by atoms with Crippen molar-refractivity contribution in [3.63, 3.8) is 0 Å². The van der Waals surface area contributed by atoms with E-state index in [-0.39, 0.29) is 6.04 Å². The van der Waals surface area contributed by atoms with E-state index < -0.39 is 0 Å². The molecule has 5 heteroatoms. The van der Waals surface area contributed by atoms with Crippen molar-refractivity contribution < 1.29 is 4.74 Å². The van der Waals surface area contributed by atoms with Gasteiger partial charge in [-0.3, -0.25) is 0 Å². The zero-order valence-electron chi connectivity index (χ0n) is 14.3. The van der Waals surface area contributed by atoms with Gasteiger partial charge in [0.25, 0.3) is 0 Å². The summed E-state index contributed by atoms with van der Waals surface area (Å²) in [5, 5.41) is 11.8. The van der Waals surface area contributed by atoms with E-state index in [9.17, 15) is 0 Å². The van der Waals surface area contributed by atoms with E-state index in [4.69, 9.17) is 4.74 Å². The zero-order valence-corrected chi connectivity index (χ0v) is 14.3. The van der Waals surface area contributed by atoms with Gasteiger partial charge in [-0.1, -0.05) is 6.07 Å². The van der Waals surface area contributed by atoms with Crippen molar-refractivity contribution in [1.29, 1.82) is 0 Å². The minimum atomic E-state index is 0.145. The number of aromatic nitrogens is 3. The zero-order chi connectivity index (χ0) is 16.3. The molecule has 5 nitrogen and oxygen atoms in total. The Labute approximate surface area is 132 Å². The van der Waals surface area contributed by atoms with Crippen LogP contribution in [0.5, 0.6) is 5.75 Å². The van der Waals surface area contributed by atoms with Crippen LogP contribution in [0, 0.1) is 13.8 Å². The highest BCUT2D eigenvalue weighted by Crippen LogP contribution is 2.23. The van der Waals surface area contributed by atoms with Gasteiger partial charge in [-0.2, -0.15) is 0 Å². The van der Waals surface area contributed by atoms with Crippen LogP contribution in [-0.4, -0.2) is 21.9 Å². The van der Waals surface area contributed by atoms with Crippen molar-refractivity contribution in [3.8, 4) is 5.75 Å². The molecule has 0 bridgehead atoms. The number of hydrogen-bond acceptors (Lipinski definition) is 4. The fraction of sp³-hybridized carbons (Fsp3) is 0.529. The SMILES string of the molecule is COc1cc(C)c(CNC(C)c2nncn2C(C)C)cc1C. The minimum absolute atomic E-state index is 0.145. The first-order chi connectivity index (χ1) is 10.4. The first-order valence-electron chi connectivity index (χ1n) is 7.71. The summed E-state index contributed by atoms with van der Waals surface area (Å²) in [7, 11) is 1.71. The Balaban J connectivity index is 2.09. The lowest BCUT2D eigenvalue weighted by Crippen LogP contribution is -2.22. The molecule has 22 heavy (non-hydrogen) atoms. The third-order valence-corrected chi connectivity index (χ3v) is 4.00. The van der Waals surface area contributed by atoms with Crippen LogP contribution in [0.2, 0.25) is 0 Å². The van der Waals surface area contributed by atoms with Crippen molar-refractivity contribution >= 4 is 0 Å². The molecule has 0 amide bonds. The molecule has 120 valence electrons. The molecule has 0 fully saturated rings. The second kappa shape index (κ2) is 6.92. The quantitative estimate of drug-likeness (QED) is 0.889. The molecule has 0 aliphatic rings. The van der Waals surface area contributed by atoms with Crippen LogP contribution in [0.4, 0.5) is 0 Å². The van der Waals surface area contributed by atoms with Gasteiger partial charge in [0.2, 0.25) is 0 Å². The Kier molecular flexibility index (Phi) is 5.19. The van der Waals surface area contributed by atoms with E-state index in [1.807, 2.05) is 0 Å². The molecule has 1 aromatic heterocycles. The smallest absolute Gasteiger partial charge is 0.149 e. The normalized spacial score (nSPS) is 12.7. The lowest BCUT2D eigenvalue weighted by molar-refractivity contribution is 0.411. The summed E-state index contributed by atoms with van der Waals surface area (Å²) in [5.74, 6) is 1.91. The maximum atomic E-state index is 5.37. The molecule has 0 aliphatic carbocycles. The fourth-order valence-corrected chi connectivity index (χ4v) is 2.57. The largest absolute Gasteiger partial charge is 0.496 e. The summed E-state index contributed by atoms with van der Waals surface area (Å²) in [4.78, 5) is 0.